The third kappa shape index (κ3) is 9.31. The van der Waals surface area contributed by atoms with E-state index in [2.05, 4.69) is 45.8 Å². The SMILES string of the molecule is C[SiH](C)O[Si](C)(C)O[SiH2]O[Si](C)(C)C. The number of hydrogen-bond donors (Lipinski definition) is 0. The monoisotopic (exact) mass is 268 g/mol. The van der Waals surface area contributed by atoms with Crippen molar-refractivity contribution in [2.75, 3.05) is 0 Å². The van der Waals surface area contributed by atoms with Crippen LogP contribution in [0.1, 0.15) is 0 Å². The highest BCUT2D eigenvalue weighted by Crippen LogP contribution is 2.09. The second-order valence-electron chi connectivity index (χ2n) is 5.09. The average Bonchev–Trinajstić information content (AvgIpc) is 1.78. The molecule has 0 saturated carbocycles. The van der Waals surface area contributed by atoms with Gasteiger partial charge < -0.3 is 12.3 Å². The lowest BCUT2D eigenvalue weighted by Gasteiger charge is -2.27. The zero-order chi connectivity index (χ0) is 11.4. The fourth-order valence-electron chi connectivity index (χ4n) is 0.950. The smallest absolute Gasteiger partial charge is 0.312 e. The molecular formula is C7H24O3Si4. The molecule has 7 heteroatoms. The first-order valence-electron chi connectivity index (χ1n) is 5.08. The van der Waals surface area contributed by atoms with Crippen molar-refractivity contribution < 1.29 is 12.3 Å². The van der Waals surface area contributed by atoms with Crippen LogP contribution in [0.2, 0.25) is 45.8 Å². The van der Waals surface area contributed by atoms with Gasteiger partial charge in [0, 0.05) is 0 Å². The number of hydrogen-bond acceptors (Lipinski definition) is 3. The normalized spacial score (nSPS) is 14.6. The van der Waals surface area contributed by atoms with Crippen LogP contribution < -0.4 is 0 Å². The molecule has 0 aromatic carbocycles. The minimum absolute atomic E-state index is 0.819. The summed E-state index contributed by atoms with van der Waals surface area (Å²) in [5.41, 5.74) is 0. The van der Waals surface area contributed by atoms with Crippen LogP contribution in [0.25, 0.3) is 0 Å². The molecule has 0 aliphatic heterocycles. The maximum absolute atomic E-state index is 5.88. The van der Waals surface area contributed by atoms with E-state index < -0.39 is 35.9 Å². The Kier molecular flexibility index (Phi) is 6.03. The van der Waals surface area contributed by atoms with Gasteiger partial charge in [0.05, 0.1) is 0 Å². The molecular weight excluding hydrogens is 244 g/mol. The van der Waals surface area contributed by atoms with E-state index in [9.17, 15) is 0 Å². The minimum atomic E-state index is -1.85. The van der Waals surface area contributed by atoms with Crippen LogP contribution in [0.4, 0.5) is 0 Å². The molecule has 3 nitrogen and oxygen atoms in total. The van der Waals surface area contributed by atoms with Crippen LogP contribution in [0.15, 0.2) is 0 Å². The van der Waals surface area contributed by atoms with Gasteiger partial charge in [-0.05, 0) is 45.8 Å². The van der Waals surface area contributed by atoms with E-state index in [0.717, 1.165) is 0 Å². The Hall–Kier alpha value is 0.748. The highest BCUT2D eigenvalue weighted by Gasteiger charge is 2.26. The van der Waals surface area contributed by atoms with Crippen molar-refractivity contribution in [3.8, 4) is 0 Å². The maximum atomic E-state index is 5.88. The summed E-state index contributed by atoms with van der Waals surface area (Å²) in [5.74, 6) is 0. The number of rotatable bonds is 6. The molecule has 0 rings (SSSR count). The first-order valence-corrected chi connectivity index (χ1v) is 15.2. The van der Waals surface area contributed by atoms with Crippen molar-refractivity contribution in [2.45, 2.75) is 45.8 Å². The summed E-state index contributed by atoms with van der Waals surface area (Å²) in [5, 5.41) is 0. The van der Waals surface area contributed by atoms with Gasteiger partial charge in [-0.2, -0.15) is 0 Å². The van der Waals surface area contributed by atoms with Gasteiger partial charge in [-0.3, -0.25) is 0 Å². The van der Waals surface area contributed by atoms with Gasteiger partial charge in [0.25, 0.3) is 10.0 Å². The van der Waals surface area contributed by atoms with E-state index in [0.29, 0.717) is 0 Å². The molecule has 14 heavy (non-hydrogen) atoms. The van der Waals surface area contributed by atoms with Crippen molar-refractivity contribution in [3.05, 3.63) is 0 Å². The molecule has 0 radical (unpaired) electrons. The lowest BCUT2D eigenvalue weighted by atomic mass is 11.8. The van der Waals surface area contributed by atoms with Gasteiger partial charge in [0.15, 0.2) is 17.4 Å². The lowest BCUT2D eigenvalue weighted by Crippen LogP contribution is -2.42. The van der Waals surface area contributed by atoms with Gasteiger partial charge in [-0.15, -0.1) is 0 Å². The van der Waals surface area contributed by atoms with Crippen molar-refractivity contribution in [3.63, 3.8) is 0 Å². The molecule has 0 amide bonds. The molecule has 0 aliphatic rings. The Balaban J connectivity index is 3.76. The Bertz CT molecular complexity index is 167. The highest BCUT2D eigenvalue weighted by atomic mass is 28.5. The zero-order valence-corrected chi connectivity index (χ0v) is 15.1. The van der Waals surface area contributed by atoms with Gasteiger partial charge in [-0.1, -0.05) is 0 Å². The fourth-order valence-corrected chi connectivity index (χ4v) is 9.69. The van der Waals surface area contributed by atoms with Crippen LogP contribution in [0.5, 0.6) is 0 Å². The Labute approximate surface area is 94.3 Å². The van der Waals surface area contributed by atoms with Crippen molar-refractivity contribution in [2.24, 2.45) is 0 Å². The Morgan fingerprint density at radius 2 is 1.43 bits per heavy atom. The Morgan fingerprint density at radius 3 is 1.79 bits per heavy atom. The molecule has 86 valence electrons. The molecule has 0 bridgehead atoms. The second kappa shape index (κ2) is 5.73. The fraction of sp³-hybridized carbons (Fsp3) is 1.00. The second-order valence-corrected chi connectivity index (χ2v) is 17.7. The van der Waals surface area contributed by atoms with Gasteiger partial charge in [-0.25, -0.2) is 0 Å². The summed E-state index contributed by atoms with van der Waals surface area (Å²) >= 11 is 0. The van der Waals surface area contributed by atoms with Crippen LogP contribution in [0, 0.1) is 0 Å². The minimum Gasteiger partial charge on any atom is -0.441 e. The van der Waals surface area contributed by atoms with Gasteiger partial charge in [0.1, 0.15) is 0 Å². The van der Waals surface area contributed by atoms with E-state index in [1.165, 1.54) is 0 Å². The maximum Gasteiger partial charge on any atom is 0.312 e. The first-order chi connectivity index (χ1) is 6.12. The first kappa shape index (κ1) is 14.7. The Morgan fingerprint density at radius 1 is 0.929 bits per heavy atom. The zero-order valence-electron chi connectivity index (χ0n) is 10.5. The van der Waals surface area contributed by atoms with Crippen molar-refractivity contribution in [1.29, 1.82) is 0 Å². The van der Waals surface area contributed by atoms with Gasteiger partial charge in [0.2, 0.25) is 0 Å². The lowest BCUT2D eigenvalue weighted by molar-refractivity contribution is 0.375. The summed E-state index contributed by atoms with van der Waals surface area (Å²) in [6.07, 6.45) is 0. The molecule has 0 atom stereocenters. The molecule has 0 spiro atoms. The van der Waals surface area contributed by atoms with Crippen LogP contribution in [-0.4, -0.2) is 35.9 Å². The largest absolute Gasteiger partial charge is 0.441 e. The molecule has 0 N–H and O–H groups in total. The van der Waals surface area contributed by atoms with E-state index in [1.54, 1.807) is 0 Å². The topological polar surface area (TPSA) is 27.7 Å². The summed E-state index contributed by atoms with van der Waals surface area (Å²) in [4.78, 5) is 0. The third-order valence-corrected chi connectivity index (χ3v) is 12.8. The predicted octanol–water partition coefficient (Wildman–Crippen LogP) is 1.56. The summed E-state index contributed by atoms with van der Waals surface area (Å²) < 4.78 is 17.5. The molecule has 0 aromatic heterocycles. The molecule has 0 aromatic rings. The van der Waals surface area contributed by atoms with E-state index in [1.807, 2.05) is 0 Å². The standard InChI is InChI=1S/C7H24O3Si4/c1-12(2)10-14(6,7)9-11-8-13(3,4)5/h12H,11H2,1-7H3. The molecule has 0 unspecified atom stereocenters. The summed E-state index contributed by atoms with van der Waals surface area (Å²) in [6.45, 7) is 15.2. The van der Waals surface area contributed by atoms with E-state index in [-0.39, 0.29) is 0 Å². The summed E-state index contributed by atoms with van der Waals surface area (Å²) in [7, 11) is -5.01. The molecule has 0 aliphatic carbocycles. The van der Waals surface area contributed by atoms with Crippen molar-refractivity contribution >= 4 is 35.9 Å². The van der Waals surface area contributed by atoms with E-state index in [4.69, 9.17) is 12.3 Å². The molecule has 0 fully saturated rings. The average molecular weight is 269 g/mol. The molecule has 0 heterocycles. The van der Waals surface area contributed by atoms with Gasteiger partial charge >= 0.3 is 8.56 Å². The summed E-state index contributed by atoms with van der Waals surface area (Å²) in [6, 6.07) is 0. The predicted molar refractivity (Wildman–Crippen MR) is 71.5 cm³/mol. The molecule has 0 saturated heterocycles. The van der Waals surface area contributed by atoms with Crippen LogP contribution in [0.3, 0.4) is 0 Å². The van der Waals surface area contributed by atoms with Crippen LogP contribution in [-0.2, 0) is 12.3 Å². The third-order valence-electron chi connectivity index (χ3n) is 1.42. The quantitative estimate of drug-likeness (QED) is 0.684. The van der Waals surface area contributed by atoms with E-state index >= 15 is 0 Å². The van der Waals surface area contributed by atoms with Crippen molar-refractivity contribution in [1.82, 2.24) is 0 Å². The highest BCUT2D eigenvalue weighted by molar-refractivity contribution is 6.78. The van der Waals surface area contributed by atoms with Crippen LogP contribution >= 0.6 is 0 Å².